The molecule has 0 amide bonds. The fourth-order valence-electron chi connectivity index (χ4n) is 2.61. The van der Waals surface area contributed by atoms with E-state index in [4.69, 9.17) is 27.9 Å². The minimum absolute atomic E-state index is 0.177. The van der Waals surface area contributed by atoms with Crippen molar-refractivity contribution in [3.8, 4) is 5.75 Å². The van der Waals surface area contributed by atoms with Crippen LogP contribution in [0.5, 0.6) is 5.75 Å². The molecule has 0 fully saturated rings. The first-order valence-corrected chi connectivity index (χ1v) is 8.79. The van der Waals surface area contributed by atoms with Crippen molar-refractivity contribution in [3.63, 3.8) is 0 Å². The fourth-order valence-corrected chi connectivity index (χ4v) is 4.01. The molecule has 1 aromatic carbocycles. The van der Waals surface area contributed by atoms with Crippen LogP contribution in [0.15, 0.2) is 29.6 Å². The summed E-state index contributed by atoms with van der Waals surface area (Å²) in [5.41, 5.74) is 1.37. The number of aliphatic hydroxyl groups is 1. The molecule has 3 nitrogen and oxygen atoms in total. The van der Waals surface area contributed by atoms with Crippen LogP contribution in [0.2, 0.25) is 10.0 Å². The van der Waals surface area contributed by atoms with E-state index < -0.39 is 6.10 Å². The van der Waals surface area contributed by atoms with Crippen LogP contribution in [0.4, 0.5) is 0 Å². The molecule has 22 heavy (non-hydrogen) atoms. The van der Waals surface area contributed by atoms with Crippen molar-refractivity contribution in [3.05, 3.63) is 50.1 Å². The molecular formula is C16H17Cl2NO2S. The van der Waals surface area contributed by atoms with Gasteiger partial charge in [-0.15, -0.1) is 11.3 Å². The first kappa shape index (κ1) is 16.1. The molecular weight excluding hydrogens is 341 g/mol. The lowest BCUT2D eigenvalue weighted by Crippen LogP contribution is -2.38. The van der Waals surface area contributed by atoms with Crippen molar-refractivity contribution in [2.75, 3.05) is 19.7 Å². The molecule has 6 heteroatoms. The molecule has 1 N–H and O–H groups in total. The molecule has 0 bridgehead atoms. The molecule has 1 unspecified atom stereocenters. The van der Waals surface area contributed by atoms with Crippen LogP contribution in [0.3, 0.4) is 0 Å². The second-order valence-corrected chi connectivity index (χ2v) is 7.18. The van der Waals surface area contributed by atoms with E-state index in [9.17, 15) is 5.11 Å². The summed E-state index contributed by atoms with van der Waals surface area (Å²) >= 11 is 13.9. The number of thiophene rings is 1. The van der Waals surface area contributed by atoms with Gasteiger partial charge in [-0.1, -0.05) is 29.3 Å². The lowest BCUT2D eigenvalue weighted by Gasteiger charge is -2.28. The van der Waals surface area contributed by atoms with Gasteiger partial charge in [0.2, 0.25) is 0 Å². The van der Waals surface area contributed by atoms with Gasteiger partial charge < -0.3 is 9.84 Å². The number of halogens is 2. The molecule has 118 valence electrons. The maximum Gasteiger partial charge on any atom is 0.156 e. The van der Waals surface area contributed by atoms with Crippen LogP contribution in [0.25, 0.3) is 0 Å². The highest BCUT2D eigenvalue weighted by atomic mass is 35.5. The lowest BCUT2D eigenvalue weighted by molar-refractivity contribution is 0.0641. The van der Waals surface area contributed by atoms with E-state index in [-0.39, 0.29) is 6.61 Å². The first-order valence-electron chi connectivity index (χ1n) is 7.16. The average molecular weight is 358 g/mol. The number of nitrogens with zero attached hydrogens (tertiary/aromatic N) is 1. The Morgan fingerprint density at radius 1 is 1.27 bits per heavy atom. The number of benzene rings is 1. The van der Waals surface area contributed by atoms with Crippen molar-refractivity contribution in [1.29, 1.82) is 0 Å². The zero-order valence-corrected chi connectivity index (χ0v) is 14.3. The minimum atomic E-state index is -0.576. The highest BCUT2D eigenvalue weighted by molar-refractivity contribution is 7.10. The van der Waals surface area contributed by atoms with Gasteiger partial charge in [-0.2, -0.15) is 0 Å². The lowest BCUT2D eigenvalue weighted by atomic mass is 10.1. The molecule has 1 atom stereocenters. The van der Waals surface area contributed by atoms with Crippen molar-refractivity contribution >= 4 is 34.5 Å². The molecule has 0 saturated carbocycles. The van der Waals surface area contributed by atoms with Gasteiger partial charge in [-0.25, -0.2) is 0 Å². The second kappa shape index (κ2) is 7.20. The summed E-state index contributed by atoms with van der Waals surface area (Å²) in [6, 6.07) is 7.37. The molecule has 1 aromatic heterocycles. The molecule has 0 aliphatic carbocycles. The summed E-state index contributed by atoms with van der Waals surface area (Å²) in [7, 11) is 0. The van der Waals surface area contributed by atoms with E-state index in [1.807, 2.05) is 11.3 Å². The number of aliphatic hydroxyl groups excluding tert-OH is 1. The highest BCUT2D eigenvalue weighted by Crippen LogP contribution is 2.32. The zero-order chi connectivity index (χ0) is 15.5. The first-order chi connectivity index (χ1) is 10.6. The van der Waals surface area contributed by atoms with Gasteiger partial charge in [-0.05, 0) is 35.6 Å². The van der Waals surface area contributed by atoms with Gasteiger partial charge in [0.1, 0.15) is 12.7 Å². The van der Waals surface area contributed by atoms with Gasteiger partial charge in [-0.3, -0.25) is 4.90 Å². The van der Waals surface area contributed by atoms with E-state index in [2.05, 4.69) is 16.3 Å². The SMILES string of the molecule is OC(COc1c(Cl)cccc1Cl)CN1CCc2sccc2C1. The third kappa shape index (κ3) is 3.76. The summed E-state index contributed by atoms with van der Waals surface area (Å²) < 4.78 is 5.59. The summed E-state index contributed by atoms with van der Waals surface area (Å²) in [6.45, 7) is 2.62. The summed E-state index contributed by atoms with van der Waals surface area (Å²) in [5.74, 6) is 0.434. The topological polar surface area (TPSA) is 32.7 Å². The average Bonchev–Trinajstić information content (AvgIpc) is 2.94. The molecule has 0 spiro atoms. The number of para-hydroxylation sites is 1. The number of fused-ring (bicyclic) bond motifs is 1. The smallest absolute Gasteiger partial charge is 0.156 e. The molecule has 1 aliphatic heterocycles. The van der Waals surface area contributed by atoms with Crippen LogP contribution in [0.1, 0.15) is 10.4 Å². The van der Waals surface area contributed by atoms with Crippen LogP contribution >= 0.6 is 34.5 Å². The minimum Gasteiger partial charge on any atom is -0.488 e. The van der Waals surface area contributed by atoms with Crippen molar-refractivity contribution in [2.45, 2.75) is 19.1 Å². The van der Waals surface area contributed by atoms with E-state index in [1.54, 1.807) is 18.2 Å². The number of ether oxygens (including phenoxy) is 1. The Morgan fingerprint density at radius 2 is 2.05 bits per heavy atom. The number of β-amino-alcohol motifs (C(OH)–C–C–N with tert-alkyl or cyclic N) is 1. The molecule has 2 aromatic rings. The Morgan fingerprint density at radius 3 is 2.82 bits per heavy atom. The predicted molar refractivity (Wildman–Crippen MR) is 91.3 cm³/mol. The van der Waals surface area contributed by atoms with Crippen LogP contribution in [0, 0.1) is 0 Å². The summed E-state index contributed by atoms with van der Waals surface area (Å²) in [4.78, 5) is 3.71. The Hall–Kier alpha value is -0.780. The van der Waals surface area contributed by atoms with Gasteiger partial charge in [0.15, 0.2) is 5.75 Å². The Kier molecular flexibility index (Phi) is 5.26. The predicted octanol–water partition coefficient (Wildman–Crippen LogP) is 3.85. The third-order valence-corrected chi connectivity index (χ3v) is 5.31. The molecule has 0 radical (unpaired) electrons. The van der Waals surface area contributed by atoms with Gasteiger partial charge in [0.25, 0.3) is 0 Å². The zero-order valence-electron chi connectivity index (χ0n) is 12.0. The molecule has 3 rings (SSSR count). The number of hydrogen-bond acceptors (Lipinski definition) is 4. The van der Waals surface area contributed by atoms with E-state index in [0.29, 0.717) is 22.3 Å². The standard InChI is InChI=1S/C16H17Cl2NO2S/c17-13-2-1-3-14(18)16(13)21-10-12(20)9-19-6-4-15-11(8-19)5-7-22-15/h1-3,5,7,12,20H,4,6,8-10H2. The van der Waals surface area contributed by atoms with Crippen LogP contribution in [-0.4, -0.2) is 35.8 Å². The third-order valence-electron chi connectivity index (χ3n) is 3.69. The monoisotopic (exact) mass is 357 g/mol. The molecule has 2 heterocycles. The fraction of sp³-hybridized carbons (Fsp3) is 0.375. The number of rotatable bonds is 5. The van der Waals surface area contributed by atoms with Gasteiger partial charge in [0, 0.05) is 24.5 Å². The normalized spacial score (nSPS) is 16.3. The molecule has 0 saturated heterocycles. The number of hydrogen-bond donors (Lipinski definition) is 1. The highest BCUT2D eigenvalue weighted by Gasteiger charge is 2.20. The maximum atomic E-state index is 10.2. The Bertz CT molecular complexity index is 627. The quantitative estimate of drug-likeness (QED) is 0.881. The van der Waals surface area contributed by atoms with E-state index in [1.165, 1.54) is 10.4 Å². The van der Waals surface area contributed by atoms with Gasteiger partial charge >= 0.3 is 0 Å². The van der Waals surface area contributed by atoms with Crippen molar-refractivity contribution in [2.24, 2.45) is 0 Å². The van der Waals surface area contributed by atoms with E-state index in [0.717, 1.165) is 19.5 Å². The van der Waals surface area contributed by atoms with Gasteiger partial charge in [0.05, 0.1) is 10.0 Å². The second-order valence-electron chi connectivity index (χ2n) is 5.37. The Balaban J connectivity index is 1.52. The van der Waals surface area contributed by atoms with Crippen LogP contribution < -0.4 is 4.74 Å². The maximum absolute atomic E-state index is 10.2. The van der Waals surface area contributed by atoms with E-state index >= 15 is 0 Å². The largest absolute Gasteiger partial charge is 0.488 e. The van der Waals surface area contributed by atoms with Crippen molar-refractivity contribution < 1.29 is 9.84 Å². The summed E-state index contributed by atoms with van der Waals surface area (Å²) in [5, 5.41) is 13.2. The van der Waals surface area contributed by atoms with Crippen molar-refractivity contribution in [1.82, 2.24) is 4.90 Å². The Labute approximate surface area is 144 Å². The van der Waals surface area contributed by atoms with Crippen LogP contribution in [-0.2, 0) is 13.0 Å². The molecule has 1 aliphatic rings. The summed E-state index contributed by atoms with van der Waals surface area (Å²) in [6.07, 6.45) is 0.476.